The predicted molar refractivity (Wildman–Crippen MR) is 100 cm³/mol. The number of fused-ring (bicyclic) bond motifs is 3. The zero-order chi connectivity index (χ0) is 18.3. The van der Waals surface area contributed by atoms with Gasteiger partial charge in [-0.3, -0.25) is 19.0 Å². The molecule has 4 rings (SSSR count). The number of pyridine rings is 1. The van der Waals surface area contributed by atoms with Crippen molar-refractivity contribution in [2.24, 2.45) is 0 Å². The van der Waals surface area contributed by atoms with Gasteiger partial charge in [-0.1, -0.05) is 6.07 Å². The molecule has 4 aromatic rings. The zero-order valence-corrected chi connectivity index (χ0v) is 15.2. The monoisotopic (exact) mass is 367 g/mol. The fourth-order valence-electron chi connectivity index (χ4n) is 3.01. The van der Waals surface area contributed by atoms with Crippen LogP contribution in [0.15, 0.2) is 46.8 Å². The molecule has 1 atom stereocenters. The first-order valence-corrected chi connectivity index (χ1v) is 9.09. The highest BCUT2D eigenvalue weighted by atomic mass is 32.1. The molecule has 0 aliphatic heterocycles. The Labute approximate surface area is 152 Å². The van der Waals surface area contributed by atoms with E-state index >= 15 is 0 Å². The average Bonchev–Trinajstić information content (AvgIpc) is 3.24. The van der Waals surface area contributed by atoms with Crippen LogP contribution >= 0.6 is 11.3 Å². The Balaban J connectivity index is 1.66. The van der Waals surface area contributed by atoms with E-state index in [1.807, 2.05) is 41.0 Å². The molecule has 0 saturated heterocycles. The van der Waals surface area contributed by atoms with Crippen LogP contribution in [0.2, 0.25) is 0 Å². The summed E-state index contributed by atoms with van der Waals surface area (Å²) in [6, 6.07) is 6.80. The van der Waals surface area contributed by atoms with Crippen molar-refractivity contribution in [2.75, 3.05) is 0 Å². The number of aromatic nitrogens is 4. The van der Waals surface area contributed by atoms with Gasteiger partial charge in [-0.2, -0.15) is 5.10 Å². The minimum absolute atomic E-state index is 0.263. The van der Waals surface area contributed by atoms with Crippen LogP contribution in [0.4, 0.5) is 0 Å². The number of thiophene rings is 1. The van der Waals surface area contributed by atoms with Crippen LogP contribution in [-0.4, -0.2) is 25.1 Å². The first kappa shape index (κ1) is 16.5. The Morgan fingerprint density at radius 3 is 2.96 bits per heavy atom. The van der Waals surface area contributed by atoms with Crippen LogP contribution in [0, 0.1) is 6.92 Å². The Bertz CT molecular complexity index is 1160. The summed E-state index contributed by atoms with van der Waals surface area (Å²) in [5.41, 5.74) is 2.12. The molecular formula is C18H17N5O2S. The molecule has 8 heteroatoms. The topological polar surface area (TPSA) is 81.3 Å². The van der Waals surface area contributed by atoms with Crippen molar-refractivity contribution >= 4 is 33.0 Å². The molecule has 4 aromatic heterocycles. The van der Waals surface area contributed by atoms with Crippen molar-refractivity contribution in [3.05, 3.63) is 63.8 Å². The largest absolute Gasteiger partial charge is 0.350 e. The predicted octanol–water partition coefficient (Wildman–Crippen LogP) is 2.29. The molecular weight excluding hydrogens is 350 g/mol. The van der Waals surface area contributed by atoms with Gasteiger partial charge >= 0.3 is 0 Å². The van der Waals surface area contributed by atoms with Crippen molar-refractivity contribution in [3.8, 4) is 0 Å². The highest BCUT2D eigenvalue weighted by Crippen LogP contribution is 2.24. The van der Waals surface area contributed by atoms with Crippen molar-refractivity contribution in [2.45, 2.75) is 26.4 Å². The number of hydrogen-bond acceptors (Lipinski definition) is 5. The molecule has 132 valence electrons. The lowest BCUT2D eigenvalue weighted by atomic mass is 10.2. The molecule has 0 aliphatic carbocycles. The van der Waals surface area contributed by atoms with Gasteiger partial charge in [-0.05, 0) is 43.0 Å². The van der Waals surface area contributed by atoms with Crippen molar-refractivity contribution in [1.29, 1.82) is 0 Å². The second-order valence-corrected chi connectivity index (χ2v) is 7.03. The van der Waals surface area contributed by atoms with Gasteiger partial charge in [0.1, 0.15) is 17.4 Å². The van der Waals surface area contributed by atoms with E-state index in [1.54, 1.807) is 30.7 Å². The molecule has 0 spiro atoms. The molecule has 1 N–H and O–H groups in total. The third-order valence-corrected chi connectivity index (χ3v) is 5.22. The van der Waals surface area contributed by atoms with Crippen LogP contribution in [0.3, 0.4) is 0 Å². The number of carbonyl (C=O) groups excluding carboxylic acids is 1. The molecule has 4 heterocycles. The molecule has 0 fully saturated rings. The first-order chi connectivity index (χ1) is 12.6. The molecule has 0 bridgehead atoms. The molecule has 0 aromatic carbocycles. The number of nitrogens with zero attached hydrogens (tertiary/aromatic N) is 4. The van der Waals surface area contributed by atoms with Gasteiger partial charge in [-0.25, -0.2) is 4.68 Å². The molecule has 26 heavy (non-hydrogen) atoms. The number of hydrogen-bond donors (Lipinski definition) is 1. The van der Waals surface area contributed by atoms with E-state index in [-0.39, 0.29) is 11.5 Å². The maximum atomic E-state index is 12.9. The lowest BCUT2D eigenvalue weighted by Gasteiger charge is -2.15. The minimum Gasteiger partial charge on any atom is -0.350 e. The van der Waals surface area contributed by atoms with Crippen molar-refractivity contribution < 1.29 is 4.79 Å². The SMILES string of the molecule is Cc1nn(C(C)C(=O)NCc2cccnc2)c(=O)c2cc3sccc3n12. The second kappa shape index (κ2) is 6.38. The standard InChI is InChI=1S/C18H17N5O2S/c1-11(17(24)20-10-13-4-3-6-19-9-13)23-18(25)15-8-16-14(5-7-26-16)22(15)12(2)21-23/h3-9,11H,10H2,1-2H3,(H,20,24). The summed E-state index contributed by atoms with van der Waals surface area (Å²) in [5.74, 6) is 0.403. The van der Waals surface area contributed by atoms with E-state index < -0.39 is 6.04 Å². The molecule has 1 unspecified atom stereocenters. The average molecular weight is 367 g/mol. The molecule has 0 radical (unpaired) electrons. The Morgan fingerprint density at radius 2 is 2.19 bits per heavy atom. The number of carbonyl (C=O) groups is 1. The zero-order valence-electron chi connectivity index (χ0n) is 14.3. The van der Waals surface area contributed by atoms with Gasteiger partial charge in [-0.15, -0.1) is 11.3 Å². The maximum absolute atomic E-state index is 12.9. The fraction of sp³-hybridized carbons (Fsp3) is 0.222. The van der Waals surface area contributed by atoms with E-state index in [4.69, 9.17) is 0 Å². The second-order valence-electron chi connectivity index (χ2n) is 6.09. The molecule has 0 aliphatic rings. The van der Waals surface area contributed by atoms with Crippen LogP contribution in [0.1, 0.15) is 24.4 Å². The van der Waals surface area contributed by atoms with Gasteiger partial charge in [0.2, 0.25) is 5.91 Å². The third-order valence-electron chi connectivity index (χ3n) is 4.36. The van der Waals surface area contributed by atoms with Crippen LogP contribution < -0.4 is 10.9 Å². The smallest absolute Gasteiger partial charge is 0.291 e. The van der Waals surface area contributed by atoms with Crippen LogP contribution in [0.5, 0.6) is 0 Å². The van der Waals surface area contributed by atoms with E-state index in [9.17, 15) is 9.59 Å². The van der Waals surface area contributed by atoms with Gasteiger partial charge in [0.25, 0.3) is 5.56 Å². The van der Waals surface area contributed by atoms with Gasteiger partial charge in [0, 0.05) is 18.9 Å². The highest BCUT2D eigenvalue weighted by molar-refractivity contribution is 7.17. The third kappa shape index (κ3) is 2.68. The van der Waals surface area contributed by atoms with Crippen molar-refractivity contribution in [1.82, 2.24) is 24.5 Å². The van der Waals surface area contributed by atoms with E-state index in [2.05, 4.69) is 15.4 Å². The highest BCUT2D eigenvalue weighted by Gasteiger charge is 2.21. The van der Waals surface area contributed by atoms with Crippen LogP contribution in [-0.2, 0) is 11.3 Å². The number of rotatable bonds is 4. The van der Waals surface area contributed by atoms with Crippen LogP contribution in [0.25, 0.3) is 15.7 Å². The summed E-state index contributed by atoms with van der Waals surface area (Å²) < 4.78 is 4.12. The molecule has 1 amide bonds. The van der Waals surface area contributed by atoms with Gasteiger partial charge in [0.15, 0.2) is 0 Å². The Kier molecular flexibility index (Phi) is 4.04. The number of nitrogens with one attached hydrogen (secondary N) is 1. The summed E-state index contributed by atoms with van der Waals surface area (Å²) in [6.07, 6.45) is 3.37. The normalized spacial score (nSPS) is 12.5. The molecule has 0 saturated carbocycles. The minimum atomic E-state index is -0.712. The number of amides is 1. The Morgan fingerprint density at radius 1 is 1.35 bits per heavy atom. The summed E-state index contributed by atoms with van der Waals surface area (Å²) in [4.78, 5) is 29.4. The van der Waals surface area contributed by atoms with E-state index in [0.717, 1.165) is 15.8 Å². The fourth-order valence-corrected chi connectivity index (χ4v) is 3.81. The van der Waals surface area contributed by atoms with E-state index in [0.29, 0.717) is 17.9 Å². The van der Waals surface area contributed by atoms with E-state index in [1.165, 1.54) is 4.68 Å². The lowest BCUT2D eigenvalue weighted by molar-refractivity contribution is -0.124. The summed E-state index contributed by atoms with van der Waals surface area (Å²) in [7, 11) is 0. The van der Waals surface area contributed by atoms with Gasteiger partial charge < -0.3 is 5.32 Å². The molecule has 7 nitrogen and oxygen atoms in total. The maximum Gasteiger partial charge on any atom is 0.291 e. The lowest BCUT2D eigenvalue weighted by Crippen LogP contribution is -2.38. The summed E-state index contributed by atoms with van der Waals surface area (Å²) >= 11 is 1.57. The van der Waals surface area contributed by atoms with Gasteiger partial charge in [0.05, 0.1) is 10.2 Å². The quantitative estimate of drug-likeness (QED) is 0.600. The first-order valence-electron chi connectivity index (χ1n) is 8.21. The Hall–Kier alpha value is -3.00. The summed E-state index contributed by atoms with van der Waals surface area (Å²) in [6.45, 7) is 3.86. The summed E-state index contributed by atoms with van der Waals surface area (Å²) in [5, 5.41) is 9.19. The number of aryl methyl sites for hydroxylation is 1. The van der Waals surface area contributed by atoms with Crippen molar-refractivity contribution in [3.63, 3.8) is 0 Å².